The van der Waals surface area contributed by atoms with Crippen molar-refractivity contribution in [1.29, 1.82) is 0 Å². The Balaban J connectivity index is 1.92. The fourth-order valence-electron chi connectivity index (χ4n) is 3.41. The first kappa shape index (κ1) is 12.2. The van der Waals surface area contributed by atoms with Crippen LogP contribution in [0.4, 0.5) is 0 Å². The topological polar surface area (TPSA) is 41.5 Å². The summed E-state index contributed by atoms with van der Waals surface area (Å²) in [7, 11) is 0. The molecule has 2 N–H and O–H groups in total. The van der Waals surface area contributed by atoms with Crippen LogP contribution in [0.5, 0.6) is 0 Å². The predicted octanol–water partition coefficient (Wildman–Crippen LogP) is 2.15. The molecule has 0 amide bonds. The van der Waals surface area contributed by atoms with Gasteiger partial charge in [-0.3, -0.25) is 0 Å². The molecule has 2 aliphatic rings. The highest BCUT2D eigenvalue weighted by Gasteiger charge is 2.47. The molecule has 3 heteroatoms. The van der Waals surface area contributed by atoms with Crippen molar-refractivity contribution < 1.29 is 9.84 Å². The Morgan fingerprint density at radius 2 is 2.11 bits per heavy atom. The molecule has 0 aliphatic carbocycles. The number of fused-ring (bicyclic) bond motifs is 1. The standard InChI is InChI=1S/C15H21NO2/c1-14(2)10-15(17,7-8-18-14)13-12-6-4-3-5-11(12)9-16-13/h3-6,13,16-17H,7-10H2,1-2H3. The maximum Gasteiger partial charge on any atom is 0.0890 e. The van der Waals surface area contributed by atoms with E-state index in [4.69, 9.17) is 4.74 Å². The van der Waals surface area contributed by atoms with E-state index in [2.05, 4.69) is 37.4 Å². The number of aliphatic hydroxyl groups is 1. The molecule has 18 heavy (non-hydrogen) atoms. The highest BCUT2D eigenvalue weighted by atomic mass is 16.5. The first-order valence-corrected chi connectivity index (χ1v) is 6.68. The smallest absolute Gasteiger partial charge is 0.0890 e. The minimum atomic E-state index is -0.700. The Bertz CT molecular complexity index is 458. The minimum Gasteiger partial charge on any atom is -0.388 e. The molecular formula is C15H21NO2. The highest BCUT2D eigenvalue weighted by molar-refractivity contribution is 5.36. The van der Waals surface area contributed by atoms with Crippen molar-refractivity contribution in [2.45, 2.75) is 50.5 Å². The van der Waals surface area contributed by atoms with Crippen LogP contribution in [0.15, 0.2) is 24.3 Å². The van der Waals surface area contributed by atoms with E-state index < -0.39 is 5.60 Å². The zero-order chi connectivity index (χ0) is 12.8. The number of ether oxygens (including phenoxy) is 1. The molecule has 1 saturated heterocycles. The lowest BCUT2D eigenvalue weighted by Crippen LogP contribution is -2.51. The van der Waals surface area contributed by atoms with Crippen LogP contribution in [0.25, 0.3) is 0 Å². The summed E-state index contributed by atoms with van der Waals surface area (Å²) in [6, 6.07) is 8.40. The van der Waals surface area contributed by atoms with Crippen molar-refractivity contribution in [2.75, 3.05) is 6.61 Å². The van der Waals surface area contributed by atoms with E-state index in [1.807, 2.05) is 6.07 Å². The number of rotatable bonds is 1. The van der Waals surface area contributed by atoms with Crippen LogP contribution in [-0.2, 0) is 11.3 Å². The van der Waals surface area contributed by atoms with Gasteiger partial charge >= 0.3 is 0 Å². The third-order valence-electron chi connectivity index (χ3n) is 4.16. The summed E-state index contributed by atoms with van der Waals surface area (Å²) in [4.78, 5) is 0. The second-order valence-electron chi connectivity index (χ2n) is 6.15. The van der Waals surface area contributed by atoms with Gasteiger partial charge in [-0.2, -0.15) is 0 Å². The molecule has 1 aromatic carbocycles. The number of benzene rings is 1. The zero-order valence-electron chi connectivity index (χ0n) is 11.1. The predicted molar refractivity (Wildman–Crippen MR) is 70.2 cm³/mol. The second kappa shape index (κ2) is 4.05. The van der Waals surface area contributed by atoms with Crippen LogP contribution < -0.4 is 5.32 Å². The summed E-state index contributed by atoms with van der Waals surface area (Å²) in [5, 5.41) is 14.5. The summed E-state index contributed by atoms with van der Waals surface area (Å²) < 4.78 is 5.72. The molecule has 2 unspecified atom stereocenters. The Labute approximate surface area is 108 Å². The van der Waals surface area contributed by atoms with Crippen molar-refractivity contribution >= 4 is 0 Å². The average Bonchev–Trinajstić information content (AvgIpc) is 2.71. The summed E-state index contributed by atoms with van der Waals surface area (Å²) in [5.74, 6) is 0. The summed E-state index contributed by atoms with van der Waals surface area (Å²) >= 11 is 0. The van der Waals surface area contributed by atoms with Gasteiger partial charge in [-0.1, -0.05) is 24.3 Å². The molecular weight excluding hydrogens is 226 g/mol. The largest absolute Gasteiger partial charge is 0.388 e. The molecule has 0 radical (unpaired) electrons. The lowest BCUT2D eigenvalue weighted by molar-refractivity contribution is -0.156. The highest BCUT2D eigenvalue weighted by Crippen LogP contribution is 2.43. The quantitative estimate of drug-likeness (QED) is 0.799. The van der Waals surface area contributed by atoms with Gasteiger partial charge in [0.1, 0.15) is 0 Å². The number of nitrogens with one attached hydrogen (secondary N) is 1. The van der Waals surface area contributed by atoms with Crippen molar-refractivity contribution in [3.63, 3.8) is 0 Å². The summed E-state index contributed by atoms with van der Waals surface area (Å²) in [6.07, 6.45) is 1.37. The van der Waals surface area contributed by atoms with Crippen molar-refractivity contribution in [3.05, 3.63) is 35.4 Å². The molecule has 2 atom stereocenters. The molecule has 2 heterocycles. The zero-order valence-corrected chi connectivity index (χ0v) is 11.1. The van der Waals surface area contributed by atoms with Crippen LogP contribution in [0.3, 0.4) is 0 Å². The van der Waals surface area contributed by atoms with Gasteiger partial charge in [0.15, 0.2) is 0 Å². The monoisotopic (exact) mass is 247 g/mol. The van der Waals surface area contributed by atoms with E-state index in [1.165, 1.54) is 11.1 Å². The van der Waals surface area contributed by atoms with Gasteiger partial charge in [-0.05, 0) is 25.0 Å². The van der Waals surface area contributed by atoms with E-state index in [-0.39, 0.29) is 11.6 Å². The van der Waals surface area contributed by atoms with Crippen molar-refractivity contribution in [2.24, 2.45) is 0 Å². The van der Waals surface area contributed by atoms with Gasteiger partial charge in [-0.25, -0.2) is 0 Å². The van der Waals surface area contributed by atoms with Crippen LogP contribution in [0.1, 0.15) is 43.9 Å². The first-order valence-electron chi connectivity index (χ1n) is 6.68. The van der Waals surface area contributed by atoms with E-state index in [0.29, 0.717) is 19.4 Å². The van der Waals surface area contributed by atoms with Crippen LogP contribution >= 0.6 is 0 Å². The first-order chi connectivity index (χ1) is 8.50. The average molecular weight is 247 g/mol. The van der Waals surface area contributed by atoms with Crippen molar-refractivity contribution in [1.82, 2.24) is 5.32 Å². The molecule has 3 nitrogen and oxygen atoms in total. The Hall–Kier alpha value is -0.900. The van der Waals surface area contributed by atoms with Crippen molar-refractivity contribution in [3.8, 4) is 0 Å². The van der Waals surface area contributed by atoms with Crippen LogP contribution in [0.2, 0.25) is 0 Å². The van der Waals surface area contributed by atoms with Gasteiger partial charge in [0.2, 0.25) is 0 Å². The van der Waals surface area contributed by atoms with E-state index in [9.17, 15) is 5.11 Å². The molecule has 2 aliphatic heterocycles. The van der Waals surface area contributed by atoms with Gasteiger partial charge in [0.05, 0.1) is 23.9 Å². The Morgan fingerprint density at radius 3 is 2.89 bits per heavy atom. The normalized spacial score (nSPS) is 34.3. The van der Waals surface area contributed by atoms with Gasteiger partial charge in [0.25, 0.3) is 0 Å². The van der Waals surface area contributed by atoms with E-state index in [1.54, 1.807) is 0 Å². The summed E-state index contributed by atoms with van der Waals surface area (Å²) in [5.41, 5.74) is 1.61. The molecule has 98 valence electrons. The van der Waals surface area contributed by atoms with Crippen LogP contribution in [0, 0.1) is 0 Å². The maximum atomic E-state index is 11.0. The molecule has 1 aromatic rings. The Morgan fingerprint density at radius 1 is 1.33 bits per heavy atom. The third kappa shape index (κ3) is 1.96. The number of hydrogen-bond acceptors (Lipinski definition) is 3. The van der Waals surface area contributed by atoms with E-state index in [0.717, 1.165) is 6.54 Å². The second-order valence-corrected chi connectivity index (χ2v) is 6.15. The van der Waals surface area contributed by atoms with Crippen LogP contribution in [-0.4, -0.2) is 22.9 Å². The van der Waals surface area contributed by atoms with Gasteiger partial charge in [-0.15, -0.1) is 0 Å². The molecule has 0 bridgehead atoms. The fourth-order valence-corrected chi connectivity index (χ4v) is 3.41. The third-order valence-corrected chi connectivity index (χ3v) is 4.16. The molecule has 1 fully saturated rings. The maximum absolute atomic E-state index is 11.0. The number of hydrogen-bond donors (Lipinski definition) is 2. The molecule has 3 rings (SSSR count). The Kier molecular flexibility index (Phi) is 2.73. The lowest BCUT2D eigenvalue weighted by atomic mass is 9.77. The summed E-state index contributed by atoms with van der Waals surface area (Å²) in [6.45, 7) is 5.59. The van der Waals surface area contributed by atoms with Gasteiger partial charge in [0, 0.05) is 19.4 Å². The minimum absolute atomic E-state index is 0.0388. The fraction of sp³-hybridized carbons (Fsp3) is 0.600. The molecule has 0 aromatic heterocycles. The SMILES string of the molecule is CC1(C)CC(O)(C2NCc3ccccc32)CCO1. The molecule has 0 saturated carbocycles. The van der Waals surface area contributed by atoms with E-state index >= 15 is 0 Å². The van der Waals surface area contributed by atoms with Gasteiger partial charge < -0.3 is 15.2 Å². The molecule has 0 spiro atoms. The lowest BCUT2D eigenvalue weighted by Gasteiger charge is -2.45.